The average molecular weight is 458 g/mol. The summed E-state index contributed by atoms with van der Waals surface area (Å²) in [6.45, 7) is 0.762. The molecule has 0 N–H and O–H groups in total. The van der Waals surface area contributed by atoms with Gasteiger partial charge in [-0.25, -0.2) is 4.98 Å². The van der Waals surface area contributed by atoms with Crippen LogP contribution in [0.15, 0.2) is 78.9 Å². The van der Waals surface area contributed by atoms with E-state index in [0.717, 1.165) is 27.2 Å². The molecule has 0 aliphatic carbocycles. The molecule has 166 valence electrons. The predicted octanol–water partition coefficient (Wildman–Crippen LogP) is 4.89. The number of carbonyl (C=O) groups excluding carboxylic acids is 2. The van der Waals surface area contributed by atoms with Gasteiger partial charge in [0.25, 0.3) is 0 Å². The molecule has 2 amide bonds. The van der Waals surface area contributed by atoms with Crippen molar-refractivity contribution in [3.8, 4) is 5.75 Å². The molecule has 1 aliphatic heterocycles. The summed E-state index contributed by atoms with van der Waals surface area (Å²) in [4.78, 5) is 34.7. The molecule has 4 aromatic rings. The number of nitrogens with zero attached hydrogens (tertiary/aromatic N) is 3. The average Bonchev–Trinajstić information content (AvgIpc) is 3.46. The molecule has 0 radical (unpaired) electrons. The van der Waals surface area contributed by atoms with Gasteiger partial charge in [0.15, 0.2) is 5.13 Å². The van der Waals surface area contributed by atoms with Gasteiger partial charge in [0.2, 0.25) is 11.8 Å². The number of anilines is 2. The second-order valence-corrected chi connectivity index (χ2v) is 8.99. The maximum absolute atomic E-state index is 13.8. The van der Waals surface area contributed by atoms with Crippen LogP contribution in [-0.4, -0.2) is 30.5 Å². The first-order chi connectivity index (χ1) is 16.1. The second-order valence-electron chi connectivity index (χ2n) is 7.98. The van der Waals surface area contributed by atoms with Crippen LogP contribution in [0.25, 0.3) is 10.2 Å². The number of carbonyl (C=O) groups is 2. The summed E-state index contributed by atoms with van der Waals surface area (Å²) in [5.41, 5.74) is 2.61. The highest BCUT2D eigenvalue weighted by atomic mass is 32.1. The van der Waals surface area contributed by atoms with Crippen LogP contribution in [0.3, 0.4) is 0 Å². The Labute approximate surface area is 196 Å². The van der Waals surface area contributed by atoms with E-state index < -0.39 is 5.92 Å². The number of para-hydroxylation sites is 1. The third kappa shape index (κ3) is 4.32. The Morgan fingerprint density at radius 3 is 2.55 bits per heavy atom. The lowest BCUT2D eigenvalue weighted by Gasteiger charge is -2.23. The standard InChI is InChI=1S/C26H23N3O3S/c1-32-21-12-13-23-22(15-21)27-26(33-23)29(16-18-8-4-2-5-9-18)25(31)19-14-24(30)28(17-19)20-10-6-3-7-11-20/h2-13,15,19H,14,16-17H2,1H3. The van der Waals surface area contributed by atoms with Crippen LogP contribution in [0.4, 0.5) is 10.8 Å². The van der Waals surface area contributed by atoms with E-state index >= 15 is 0 Å². The molecule has 1 aliphatic rings. The molecule has 1 unspecified atom stereocenters. The number of rotatable bonds is 6. The Morgan fingerprint density at radius 1 is 1.09 bits per heavy atom. The fraction of sp³-hybridized carbons (Fsp3) is 0.192. The lowest BCUT2D eigenvalue weighted by atomic mass is 10.1. The molecule has 1 aromatic heterocycles. The molecule has 0 bridgehead atoms. The van der Waals surface area contributed by atoms with Crippen LogP contribution in [0.1, 0.15) is 12.0 Å². The number of ether oxygens (including phenoxy) is 1. The number of hydrogen-bond acceptors (Lipinski definition) is 5. The molecule has 3 aromatic carbocycles. The van der Waals surface area contributed by atoms with Gasteiger partial charge in [0.1, 0.15) is 5.75 Å². The van der Waals surface area contributed by atoms with Crippen molar-refractivity contribution in [2.45, 2.75) is 13.0 Å². The van der Waals surface area contributed by atoms with E-state index in [9.17, 15) is 9.59 Å². The topological polar surface area (TPSA) is 62.7 Å². The van der Waals surface area contributed by atoms with Crippen molar-refractivity contribution in [1.29, 1.82) is 0 Å². The predicted molar refractivity (Wildman–Crippen MR) is 131 cm³/mol. The zero-order valence-corrected chi connectivity index (χ0v) is 19.0. The zero-order chi connectivity index (χ0) is 22.8. The van der Waals surface area contributed by atoms with E-state index in [1.165, 1.54) is 11.3 Å². The van der Waals surface area contributed by atoms with Crippen LogP contribution in [0.2, 0.25) is 0 Å². The smallest absolute Gasteiger partial charge is 0.234 e. The third-order valence-electron chi connectivity index (χ3n) is 5.81. The van der Waals surface area contributed by atoms with Crippen LogP contribution in [-0.2, 0) is 16.1 Å². The van der Waals surface area contributed by atoms with Gasteiger partial charge in [-0.05, 0) is 29.8 Å². The summed E-state index contributed by atoms with van der Waals surface area (Å²) in [6, 6.07) is 25.1. The van der Waals surface area contributed by atoms with Gasteiger partial charge < -0.3 is 9.64 Å². The summed E-state index contributed by atoms with van der Waals surface area (Å²) < 4.78 is 6.30. The lowest BCUT2D eigenvalue weighted by Crippen LogP contribution is -2.37. The fourth-order valence-electron chi connectivity index (χ4n) is 4.09. The van der Waals surface area contributed by atoms with Crippen LogP contribution >= 0.6 is 11.3 Å². The molecule has 0 spiro atoms. The number of fused-ring (bicyclic) bond motifs is 1. The van der Waals surface area contributed by atoms with Gasteiger partial charge in [0.05, 0.1) is 29.8 Å². The largest absolute Gasteiger partial charge is 0.497 e. The van der Waals surface area contributed by atoms with E-state index in [0.29, 0.717) is 18.2 Å². The Kier molecular flexibility index (Phi) is 5.79. The van der Waals surface area contributed by atoms with Crippen molar-refractivity contribution in [2.24, 2.45) is 5.92 Å². The summed E-state index contributed by atoms with van der Waals surface area (Å²) in [5, 5.41) is 0.623. The second kappa shape index (κ2) is 9.03. The van der Waals surface area contributed by atoms with Gasteiger partial charge in [-0.1, -0.05) is 59.9 Å². The van der Waals surface area contributed by atoms with E-state index in [2.05, 4.69) is 0 Å². The first-order valence-corrected chi connectivity index (χ1v) is 11.6. The molecule has 0 saturated carbocycles. The first-order valence-electron chi connectivity index (χ1n) is 10.8. The highest BCUT2D eigenvalue weighted by molar-refractivity contribution is 7.22. The Bertz CT molecular complexity index is 1290. The van der Waals surface area contributed by atoms with Gasteiger partial charge in [-0.2, -0.15) is 0 Å². The quantitative estimate of drug-likeness (QED) is 0.414. The number of aromatic nitrogens is 1. The molecular weight excluding hydrogens is 434 g/mol. The third-order valence-corrected chi connectivity index (χ3v) is 6.87. The number of thiazole rings is 1. The number of methoxy groups -OCH3 is 1. The van der Waals surface area contributed by atoms with Crippen molar-refractivity contribution in [2.75, 3.05) is 23.5 Å². The summed E-state index contributed by atoms with van der Waals surface area (Å²) in [5.74, 6) is 0.174. The summed E-state index contributed by atoms with van der Waals surface area (Å²) in [6.07, 6.45) is 0.192. The molecule has 1 atom stereocenters. The minimum Gasteiger partial charge on any atom is -0.497 e. The minimum atomic E-state index is -0.428. The lowest BCUT2D eigenvalue weighted by molar-refractivity contribution is -0.124. The van der Waals surface area contributed by atoms with Gasteiger partial charge in [-0.3, -0.25) is 14.5 Å². The number of hydrogen-bond donors (Lipinski definition) is 0. The maximum atomic E-state index is 13.8. The van der Waals surface area contributed by atoms with Crippen LogP contribution in [0.5, 0.6) is 5.75 Å². The number of benzene rings is 3. The maximum Gasteiger partial charge on any atom is 0.234 e. The normalized spacial score (nSPS) is 15.7. The van der Waals surface area contributed by atoms with E-state index in [4.69, 9.17) is 9.72 Å². The van der Waals surface area contributed by atoms with Gasteiger partial charge >= 0.3 is 0 Å². The summed E-state index contributed by atoms with van der Waals surface area (Å²) in [7, 11) is 1.62. The van der Waals surface area contributed by atoms with E-state index in [1.807, 2.05) is 78.9 Å². The van der Waals surface area contributed by atoms with E-state index in [-0.39, 0.29) is 18.2 Å². The van der Waals surface area contributed by atoms with Crippen molar-refractivity contribution >= 4 is 44.2 Å². The Balaban J connectivity index is 1.47. The number of amides is 2. The molecule has 33 heavy (non-hydrogen) atoms. The molecule has 6 nitrogen and oxygen atoms in total. The molecule has 1 fully saturated rings. The summed E-state index contributed by atoms with van der Waals surface area (Å²) >= 11 is 1.47. The minimum absolute atomic E-state index is 0.0340. The zero-order valence-electron chi connectivity index (χ0n) is 18.2. The van der Waals surface area contributed by atoms with Crippen molar-refractivity contribution in [1.82, 2.24) is 4.98 Å². The van der Waals surface area contributed by atoms with Crippen molar-refractivity contribution in [3.63, 3.8) is 0 Å². The Hall–Kier alpha value is -3.71. The van der Waals surface area contributed by atoms with Gasteiger partial charge in [0, 0.05) is 24.7 Å². The first kappa shape index (κ1) is 21.2. The Morgan fingerprint density at radius 2 is 1.82 bits per heavy atom. The van der Waals surface area contributed by atoms with Crippen LogP contribution in [0, 0.1) is 5.92 Å². The fourth-order valence-corrected chi connectivity index (χ4v) is 5.04. The monoisotopic (exact) mass is 457 g/mol. The van der Waals surface area contributed by atoms with Gasteiger partial charge in [-0.15, -0.1) is 0 Å². The molecule has 1 saturated heterocycles. The van der Waals surface area contributed by atoms with E-state index in [1.54, 1.807) is 16.9 Å². The highest BCUT2D eigenvalue weighted by Crippen LogP contribution is 2.34. The molecule has 7 heteroatoms. The SMILES string of the molecule is COc1ccc2sc(N(Cc3ccccc3)C(=O)C3CC(=O)N(c4ccccc4)C3)nc2c1. The molecule has 5 rings (SSSR count). The van der Waals surface area contributed by atoms with Crippen LogP contribution < -0.4 is 14.5 Å². The highest BCUT2D eigenvalue weighted by Gasteiger charge is 2.38. The van der Waals surface area contributed by atoms with Crippen molar-refractivity contribution in [3.05, 3.63) is 84.4 Å². The molecule has 2 heterocycles. The van der Waals surface area contributed by atoms with Crippen molar-refractivity contribution < 1.29 is 14.3 Å². The molecular formula is C26H23N3O3S.